The van der Waals surface area contributed by atoms with Crippen molar-refractivity contribution in [3.05, 3.63) is 60.8 Å². The summed E-state index contributed by atoms with van der Waals surface area (Å²) in [7, 11) is -8.50. The molecule has 0 fully saturated rings. The lowest BCUT2D eigenvalue weighted by atomic mass is 10.2. The lowest BCUT2D eigenvalue weighted by Gasteiger charge is -2.06. The molecule has 0 amide bonds. The van der Waals surface area contributed by atoms with Crippen LogP contribution in [0, 0.1) is 0 Å². The van der Waals surface area contributed by atoms with Gasteiger partial charge in [-0.25, -0.2) is 12.4 Å². The summed E-state index contributed by atoms with van der Waals surface area (Å²) in [6.45, 7) is 0. The lowest BCUT2D eigenvalue weighted by Crippen LogP contribution is -2.11. The molecule has 1 N–H and O–H groups in total. The van der Waals surface area contributed by atoms with E-state index in [1.807, 2.05) is 0 Å². The summed E-state index contributed by atoms with van der Waals surface area (Å²) in [5, 5.41) is 0.143. The van der Waals surface area contributed by atoms with Gasteiger partial charge in [-0.3, -0.25) is 4.55 Å². The first kappa shape index (κ1) is 14.8. The zero-order chi connectivity index (χ0) is 16.0. The first-order chi connectivity index (χ1) is 10.3. The molecule has 0 unspecified atom stereocenters. The molecule has 1 heterocycles. The quantitative estimate of drug-likeness (QED) is 0.739. The normalized spacial score (nSPS) is 12.6. The second-order valence-corrected chi connectivity index (χ2v) is 7.80. The Hall–Kier alpha value is -2.16. The van der Waals surface area contributed by atoms with Crippen LogP contribution in [0.3, 0.4) is 0 Å². The Morgan fingerprint density at radius 3 is 2.05 bits per heavy atom. The van der Waals surface area contributed by atoms with E-state index in [-0.39, 0.29) is 15.8 Å². The minimum absolute atomic E-state index is 0.0256. The molecular weight excluding hydrogens is 326 g/mol. The Morgan fingerprint density at radius 1 is 0.818 bits per heavy atom. The highest BCUT2D eigenvalue weighted by molar-refractivity contribution is 7.90. The highest BCUT2D eigenvalue weighted by Gasteiger charge is 2.25. The topological polar surface area (TPSA) is 93.4 Å². The van der Waals surface area contributed by atoms with Crippen molar-refractivity contribution < 1.29 is 21.4 Å². The van der Waals surface area contributed by atoms with E-state index in [1.54, 1.807) is 30.3 Å². The molecule has 6 nitrogen and oxygen atoms in total. The Kier molecular flexibility index (Phi) is 3.32. The van der Waals surface area contributed by atoms with Crippen LogP contribution >= 0.6 is 0 Å². The van der Waals surface area contributed by atoms with Crippen molar-refractivity contribution in [3.63, 3.8) is 0 Å². The number of hydrogen-bond donors (Lipinski definition) is 1. The average Bonchev–Trinajstić information content (AvgIpc) is 2.88. The summed E-state index contributed by atoms with van der Waals surface area (Å²) in [4.78, 5) is -0.416. The van der Waals surface area contributed by atoms with Crippen LogP contribution in [-0.4, -0.2) is 25.4 Å². The maximum absolute atomic E-state index is 12.7. The molecule has 0 radical (unpaired) electrons. The highest BCUT2D eigenvalue weighted by atomic mass is 32.2. The van der Waals surface area contributed by atoms with E-state index < -0.39 is 25.0 Å². The minimum atomic E-state index is -4.54. The van der Waals surface area contributed by atoms with Crippen LogP contribution in [0.1, 0.15) is 0 Å². The zero-order valence-electron chi connectivity index (χ0n) is 11.1. The molecule has 1 aromatic heterocycles. The number of nitrogens with zero attached hydrogens (tertiary/aromatic N) is 1. The van der Waals surface area contributed by atoms with Gasteiger partial charge in [0.15, 0.2) is 0 Å². The monoisotopic (exact) mass is 337 g/mol. The molecule has 0 aliphatic rings. The summed E-state index contributed by atoms with van der Waals surface area (Å²) in [5.74, 6) is 0. The maximum Gasteiger partial charge on any atom is 0.296 e. The van der Waals surface area contributed by atoms with E-state index in [0.717, 1.165) is 10.2 Å². The van der Waals surface area contributed by atoms with E-state index in [0.29, 0.717) is 0 Å². The van der Waals surface area contributed by atoms with Crippen molar-refractivity contribution in [2.24, 2.45) is 0 Å². The molecule has 0 aliphatic carbocycles. The molecule has 2 aromatic carbocycles. The van der Waals surface area contributed by atoms with Gasteiger partial charge in [0, 0.05) is 11.6 Å². The molecule has 0 saturated heterocycles. The van der Waals surface area contributed by atoms with Gasteiger partial charge in [-0.05, 0) is 18.2 Å². The van der Waals surface area contributed by atoms with Gasteiger partial charge in [-0.1, -0.05) is 36.4 Å². The molecule has 0 aliphatic heterocycles. The number of rotatable bonds is 3. The van der Waals surface area contributed by atoms with Gasteiger partial charge in [-0.2, -0.15) is 8.42 Å². The van der Waals surface area contributed by atoms with E-state index in [1.165, 1.54) is 24.3 Å². The zero-order valence-corrected chi connectivity index (χ0v) is 12.8. The summed E-state index contributed by atoms with van der Waals surface area (Å²) < 4.78 is 58.5. The Labute approximate surface area is 127 Å². The van der Waals surface area contributed by atoms with Gasteiger partial charge < -0.3 is 0 Å². The van der Waals surface area contributed by atoms with Gasteiger partial charge in [-0.15, -0.1) is 0 Å². The smallest absolute Gasteiger partial charge is 0.282 e. The number of fused-ring (bicyclic) bond motifs is 1. The Bertz CT molecular complexity index is 1050. The fourth-order valence-electron chi connectivity index (χ4n) is 2.23. The van der Waals surface area contributed by atoms with E-state index in [9.17, 15) is 21.4 Å². The first-order valence-corrected chi connectivity index (χ1v) is 9.08. The third-order valence-corrected chi connectivity index (χ3v) is 5.79. The van der Waals surface area contributed by atoms with Crippen LogP contribution in [0.15, 0.2) is 70.6 Å². The van der Waals surface area contributed by atoms with Crippen molar-refractivity contribution in [3.8, 4) is 0 Å². The van der Waals surface area contributed by atoms with Crippen molar-refractivity contribution in [2.75, 3.05) is 0 Å². The molecule has 3 aromatic rings. The summed E-state index contributed by atoms with van der Waals surface area (Å²) in [6, 6.07) is 13.7. The van der Waals surface area contributed by atoms with Gasteiger partial charge in [0.05, 0.1) is 10.4 Å². The van der Waals surface area contributed by atoms with Crippen LogP contribution < -0.4 is 0 Å². The van der Waals surface area contributed by atoms with Gasteiger partial charge in [0.1, 0.15) is 4.90 Å². The second-order valence-electron chi connectivity index (χ2n) is 4.60. The molecule has 22 heavy (non-hydrogen) atoms. The van der Waals surface area contributed by atoms with Crippen molar-refractivity contribution in [1.29, 1.82) is 0 Å². The first-order valence-electron chi connectivity index (χ1n) is 6.20. The Balaban J connectivity index is 2.38. The van der Waals surface area contributed by atoms with Crippen LogP contribution in [0.5, 0.6) is 0 Å². The number of benzene rings is 2. The summed E-state index contributed by atoms with van der Waals surface area (Å²) in [6.07, 6.45) is 0.919. The van der Waals surface area contributed by atoms with Crippen molar-refractivity contribution in [1.82, 2.24) is 3.97 Å². The largest absolute Gasteiger partial charge is 0.296 e. The third-order valence-electron chi connectivity index (χ3n) is 3.22. The van der Waals surface area contributed by atoms with Crippen LogP contribution in [0.25, 0.3) is 10.9 Å². The average molecular weight is 337 g/mol. The predicted octanol–water partition coefficient (Wildman–Crippen LogP) is 2.12. The highest BCUT2D eigenvalue weighted by Crippen LogP contribution is 2.28. The van der Waals surface area contributed by atoms with Crippen LogP contribution in [0.4, 0.5) is 0 Å². The molecule has 0 saturated carbocycles. The van der Waals surface area contributed by atoms with Crippen LogP contribution in [-0.2, 0) is 20.1 Å². The molecule has 114 valence electrons. The van der Waals surface area contributed by atoms with E-state index in [2.05, 4.69) is 0 Å². The van der Waals surface area contributed by atoms with E-state index >= 15 is 0 Å². The molecular formula is C14H11NO5S2. The van der Waals surface area contributed by atoms with Crippen molar-refractivity contribution >= 4 is 31.0 Å². The van der Waals surface area contributed by atoms with Crippen LogP contribution in [0.2, 0.25) is 0 Å². The molecule has 0 spiro atoms. The SMILES string of the molecule is O=S(=O)(O)c1cn(S(=O)(=O)c2ccccc2)c2ccccc12. The predicted molar refractivity (Wildman–Crippen MR) is 80.8 cm³/mol. The number of hydrogen-bond acceptors (Lipinski definition) is 4. The second kappa shape index (κ2) is 4.94. The minimum Gasteiger partial charge on any atom is -0.282 e. The third kappa shape index (κ3) is 2.31. The number of aromatic nitrogens is 1. The lowest BCUT2D eigenvalue weighted by molar-refractivity contribution is 0.484. The summed E-state index contributed by atoms with van der Waals surface area (Å²) in [5.41, 5.74) is 0.180. The van der Waals surface area contributed by atoms with Gasteiger partial charge in [0.2, 0.25) is 0 Å². The number of para-hydroxylation sites is 1. The fraction of sp³-hybridized carbons (Fsp3) is 0. The molecule has 0 bridgehead atoms. The molecule has 0 atom stereocenters. The van der Waals surface area contributed by atoms with Gasteiger partial charge >= 0.3 is 0 Å². The standard InChI is InChI=1S/C14H11NO5S2/c16-21(17,11-6-2-1-3-7-11)15-10-14(22(18,19)20)12-8-4-5-9-13(12)15/h1-10H,(H,18,19,20). The molecule has 8 heteroatoms. The van der Waals surface area contributed by atoms with E-state index in [4.69, 9.17) is 0 Å². The Morgan fingerprint density at radius 2 is 1.41 bits per heavy atom. The fourth-order valence-corrected chi connectivity index (χ4v) is 4.38. The summed E-state index contributed by atoms with van der Waals surface area (Å²) >= 11 is 0. The van der Waals surface area contributed by atoms with Gasteiger partial charge in [0.25, 0.3) is 20.1 Å². The van der Waals surface area contributed by atoms with Crippen molar-refractivity contribution in [2.45, 2.75) is 9.79 Å². The molecule has 3 rings (SSSR count). The maximum atomic E-state index is 12.7.